The van der Waals surface area contributed by atoms with Crippen LogP contribution in [0, 0.1) is 0 Å². The standard InChI is InChI=1S/C18H14N2O3S/c1-20-16(10-6-3-4-9-13(10)23-2)19-17-14(18(20)22)11-7-5-8-12(21)15(11)24-17/h3-9,21H,1-2H3. The van der Waals surface area contributed by atoms with E-state index in [-0.39, 0.29) is 11.3 Å². The Labute approximate surface area is 141 Å². The van der Waals surface area contributed by atoms with Crippen LogP contribution in [0.5, 0.6) is 11.5 Å². The first-order chi connectivity index (χ1) is 11.6. The molecular weight excluding hydrogens is 324 g/mol. The number of aromatic hydroxyl groups is 1. The molecule has 0 aliphatic heterocycles. The van der Waals surface area contributed by atoms with E-state index < -0.39 is 0 Å². The Morgan fingerprint density at radius 2 is 1.96 bits per heavy atom. The number of hydrogen-bond acceptors (Lipinski definition) is 5. The molecule has 5 nitrogen and oxygen atoms in total. The predicted molar refractivity (Wildman–Crippen MR) is 96.0 cm³/mol. The monoisotopic (exact) mass is 338 g/mol. The average molecular weight is 338 g/mol. The number of methoxy groups -OCH3 is 1. The van der Waals surface area contributed by atoms with E-state index in [1.807, 2.05) is 30.3 Å². The number of para-hydroxylation sites is 1. The summed E-state index contributed by atoms with van der Waals surface area (Å²) in [5, 5.41) is 11.3. The van der Waals surface area contributed by atoms with Gasteiger partial charge in [0, 0.05) is 12.4 Å². The molecule has 0 saturated heterocycles. The van der Waals surface area contributed by atoms with Gasteiger partial charge >= 0.3 is 0 Å². The maximum absolute atomic E-state index is 12.9. The quantitative estimate of drug-likeness (QED) is 0.607. The highest BCUT2D eigenvalue weighted by atomic mass is 32.1. The number of thiophene rings is 1. The first kappa shape index (κ1) is 14.7. The SMILES string of the molecule is COc1ccccc1-c1nc2sc3c(O)cccc3c2c(=O)n1C. The Bertz CT molecular complexity index is 1140. The van der Waals surface area contributed by atoms with Crippen LogP contribution >= 0.6 is 11.3 Å². The topological polar surface area (TPSA) is 64.3 Å². The van der Waals surface area contributed by atoms with Crippen molar-refractivity contribution < 1.29 is 9.84 Å². The van der Waals surface area contributed by atoms with E-state index in [4.69, 9.17) is 4.74 Å². The van der Waals surface area contributed by atoms with E-state index in [1.165, 1.54) is 15.9 Å². The van der Waals surface area contributed by atoms with Crippen molar-refractivity contribution in [3.8, 4) is 22.9 Å². The molecule has 0 aliphatic carbocycles. The molecule has 0 spiro atoms. The molecule has 24 heavy (non-hydrogen) atoms. The molecule has 1 N–H and O–H groups in total. The molecule has 0 bridgehead atoms. The van der Waals surface area contributed by atoms with Crippen LogP contribution in [0.25, 0.3) is 31.7 Å². The van der Waals surface area contributed by atoms with Gasteiger partial charge in [-0.25, -0.2) is 4.98 Å². The summed E-state index contributed by atoms with van der Waals surface area (Å²) < 4.78 is 7.59. The third-order valence-corrected chi connectivity index (χ3v) is 5.19. The lowest BCUT2D eigenvalue weighted by molar-refractivity contribution is 0.416. The van der Waals surface area contributed by atoms with Crippen molar-refractivity contribution in [2.24, 2.45) is 7.05 Å². The molecule has 6 heteroatoms. The molecule has 2 aromatic carbocycles. The zero-order chi connectivity index (χ0) is 16.8. The molecule has 0 saturated carbocycles. The van der Waals surface area contributed by atoms with Crippen molar-refractivity contribution >= 4 is 31.6 Å². The number of phenols is 1. The third-order valence-electron chi connectivity index (χ3n) is 4.07. The van der Waals surface area contributed by atoms with Crippen molar-refractivity contribution in [3.05, 3.63) is 52.8 Å². The molecule has 4 aromatic rings. The zero-order valence-corrected chi connectivity index (χ0v) is 13.9. The minimum atomic E-state index is -0.141. The lowest BCUT2D eigenvalue weighted by Gasteiger charge is -2.11. The van der Waals surface area contributed by atoms with Crippen LogP contribution in [0.4, 0.5) is 0 Å². The number of fused-ring (bicyclic) bond motifs is 3. The van der Waals surface area contributed by atoms with Crippen molar-refractivity contribution in [3.63, 3.8) is 0 Å². The summed E-state index contributed by atoms with van der Waals surface area (Å²) in [6, 6.07) is 12.6. The summed E-state index contributed by atoms with van der Waals surface area (Å²) in [4.78, 5) is 18.2. The van der Waals surface area contributed by atoms with Crippen molar-refractivity contribution in [2.75, 3.05) is 7.11 Å². The van der Waals surface area contributed by atoms with E-state index in [2.05, 4.69) is 4.98 Å². The van der Waals surface area contributed by atoms with Gasteiger partial charge < -0.3 is 9.84 Å². The molecule has 0 fully saturated rings. The van der Waals surface area contributed by atoms with E-state index in [0.29, 0.717) is 26.5 Å². The first-order valence-electron chi connectivity index (χ1n) is 7.36. The second kappa shape index (κ2) is 5.35. The molecule has 120 valence electrons. The molecule has 0 amide bonds. The van der Waals surface area contributed by atoms with Gasteiger partial charge in [-0.15, -0.1) is 11.3 Å². The number of hydrogen-bond donors (Lipinski definition) is 1. The maximum Gasteiger partial charge on any atom is 0.262 e. The number of nitrogens with zero attached hydrogens (tertiary/aromatic N) is 2. The van der Waals surface area contributed by atoms with Gasteiger partial charge in [-0.3, -0.25) is 9.36 Å². The third kappa shape index (κ3) is 2.00. The summed E-state index contributed by atoms with van der Waals surface area (Å²) in [5.41, 5.74) is 0.612. The smallest absolute Gasteiger partial charge is 0.262 e. The fraction of sp³-hybridized carbons (Fsp3) is 0.111. The molecular formula is C18H14N2O3S. The van der Waals surface area contributed by atoms with Crippen LogP contribution in [-0.4, -0.2) is 21.8 Å². The van der Waals surface area contributed by atoms with E-state index in [1.54, 1.807) is 26.3 Å². The predicted octanol–water partition coefficient (Wildman–Crippen LogP) is 3.53. The molecule has 4 rings (SSSR count). The highest BCUT2D eigenvalue weighted by Gasteiger charge is 2.18. The number of rotatable bonds is 2. The minimum absolute atomic E-state index is 0.141. The van der Waals surface area contributed by atoms with Crippen molar-refractivity contribution in [1.82, 2.24) is 9.55 Å². The summed E-state index contributed by atoms with van der Waals surface area (Å²) in [6.07, 6.45) is 0. The van der Waals surface area contributed by atoms with Gasteiger partial charge in [0.25, 0.3) is 5.56 Å². The number of ether oxygens (including phenoxy) is 1. The Morgan fingerprint density at radius 3 is 2.75 bits per heavy atom. The van der Waals surface area contributed by atoms with Gasteiger partial charge in [-0.1, -0.05) is 24.3 Å². The number of phenolic OH excluding ortho intramolecular Hbond substituents is 1. The van der Waals surface area contributed by atoms with Gasteiger partial charge in [0.1, 0.15) is 22.2 Å². The van der Waals surface area contributed by atoms with Crippen LogP contribution in [0.15, 0.2) is 47.3 Å². The molecule has 2 aromatic heterocycles. The average Bonchev–Trinajstić information content (AvgIpc) is 2.98. The summed E-state index contributed by atoms with van der Waals surface area (Å²) in [5.74, 6) is 1.36. The lowest BCUT2D eigenvalue weighted by atomic mass is 10.1. The maximum atomic E-state index is 12.9. The Morgan fingerprint density at radius 1 is 1.17 bits per heavy atom. The van der Waals surface area contributed by atoms with Crippen LogP contribution in [0.3, 0.4) is 0 Å². The lowest BCUT2D eigenvalue weighted by Crippen LogP contribution is -2.19. The highest BCUT2D eigenvalue weighted by Crippen LogP contribution is 2.37. The Balaban J connectivity index is 2.13. The normalized spacial score (nSPS) is 11.2. The largest absolute Gasteiger partial charge is 0.506 e. The molecule has 0 unspecified atom stereocenters. The van der Waals surface area contributed by atoms with Gasteiger partial charge in [0.2, 0.25) is 0 Å². The fourth-order valence-corrected chi connectivity index (χ4v) is 3.96. The molecule has 2 heterocycles. The summed E-state index contributed by atoms with van der Waals surface area (Å²) in [7, 11) is 3.29. The highest BCUT2D eigenvalue weighted by molar-refractivity contribution is 7.25. The van der Waals surface area contributed by atoms with E-state index in [9.17, 15) is 9.90 Å². The van der Waals surface area contributed by atoms with Crippen molar-refractivity contribution in [1.29, 1.82) is 0 Å². The van der Waals surface area contributed by atoms with Crippen LogP contribution in [0.1, 0.15) is 0 Å². The fourth-order valence-electron chi connectivity index (χ4n) is 2.88. The molecule has 0 radical (unpaired) electrons. The summed E-state index contributed by atoms with van der Waals surface area (Å²) in [6.45, 7) is 0. The Hall–Kier alpha value is -2.86. The van der Waals surface area contributed by atoms with Crippen LogP contribution in [0.2, 0.25) is 0 Å². The second-order valence-electron chi connectivity index (χ2n) is 5.44. The van der Waals surface area contributed by atoms with Crippen molar-refractivity contribution in [2.45, 2.75) is 0 Å². The first-order valence-corrected chi connectivity index (χ1v) is 8.18. The second-order valence-corrected chi connectivity index (χ2v) is 6.43. The van der Waals surface area contributed by atoms with Gasteiger partial charge in [0.05, 0.1) is 22.8 Å². The van der Waals surface area contributed by atoms with Crippen LogP contribution < -0.4 is 10.3 Å². The zero-order valence-electron chi connectivity index (χ0n) is 13.1. The van der Waals surface area contributed by atoms with Gasteiger partial charge in [-0.05, 0) is 18.2 Å². The molecule has 0 atom stereocenters. The number of aromatic nitrogens is 2. The van der Waals surface area contributed by atoms with E-state index >= 15 is 0 Å². The number of benzene rings is 2. The van der Waals surface area contributed by atoms with Crippen LogP contribution in [-0.2, 0) is 7.05 Å². The minimum Gasteiger partial charge on any atom is -0.506 e. The Kier molecular flexibility index (Phi) is 3.28. The molecule has 0 aliphatic rings. The summed E-state index contributed by atoms with van der Waals surface area (Å²) >= 11 is 1.32. The van der Waals surface area contributed by atoms with Gasteiger partial charge in [0.15, 0.2) is 0 Å². The van der Waals surface area contributed by atoms with E-state index in [0.717, 1.165) is 10.9 Å². The van der Waals surface area contributed by atoms with Gasteiger partial charge in [-0.2, -0.15) is 0 Å².